The minimum absolute atomic E-state index is 0.536. The van der Waals surface area contributed by atoms with Crippen molar-refractivity contribution >= 4 is 21.8 Å². The lowest BCUT2D eigenvalue weighted by Crippen LogP contribution is -2.33. The number of fused-ring (bicyclic) bond motifs is 12. The Balaban J connectivity index is 0.925. The molecule has 3 heterocycles. The largest absolute Gasteiger partial charge is 0.309 e. The van der Waals surface area contributed by atoms with Gasteiger partial charge in [-0.1, -0.05) is 218 Å². The molecular weight excluding hydrogens is 825 g/mol. The fourth-order valence-corrected chi connectivity index (χ4v) is 11.4. The number of aromatic nitrogens is 4. The van der Waals surface area contributed by atoms with Crippen LogP contribution in [0.15, 0.2) is 243 Å². The third-order valence-electron chi connectivity index (χ3n) is 14.3. The lowest BCUT2D eigenvalue weighted by Gasteiger charge is -2.39. The van der Waals surface area contributed by atoms with Gasteiger partial charge >= 0.3 is 0 Å². The molecule has 0 N–H and O–H groups in total. The zero-order chi connectivity index (χ0) is 44.8. The van der Waals surface area contributed by atoms with E-state index in [9.17, 15) is 0 Å². The van der Waals surface area contributed by atoms with Gasteiger partial charge in [0.2, 0.25) is 0 Å². The summed E-state index contributed by atoms with van der Waals surface area (Å²) in [5, 5.41) is 2.55. The molecule has 1 spiro atoms. The van der Waals surface area contributed by atoms with E-state index in [1.165, 1.54) is 77.6 Å². The van der Waals surface area contributed by atoms with E-state index >= 15 is 0 Å². The van der Waals surface area contributed by atoms with Gasteiger partial charge in [-0.2, -0.15) is 0 Å². The minimum Gasteiger partial charge on any atom is -0.309 e. The van der Waals surface area contributed by atoms with Crippen molar-refractivity contribution in [2.75, 3.05) is 0 Å². The first-order valence-corrected chi connectivity index (χ1v) is 23.3. The van der Waals surface area contributed by atoms with E-state index in [0.717, 1.165) is 33.4 Å². The molecule has 4 heteroatoms. The normalized spacial score (nSPS) is 14.2. The van der Waals surface area contributed by atoms with Crippen LogP contribution in [0.3, 0.4) is 0 Å². The van der Waals surface area contributed by atoms with Crippen molar-refractivity contribution in [3.63, 3.8) is 0 Å². The molecule has 0 amide bonds. The van der Waals surface area contributed by atoms with Gasteiger partial charge in [0.05, 0.1) is 22.1 Å². The Kier molecular flexibility index (Phi) is 8.46. The smallest absolute Gasteiger partial charge is 0.164 e. The predicted octanol–water partition coefficient (Wildman–Crippen LogP) is 15.6. The Morgan fingerprint density at radius 1 is 0.294 bits per heavy atom. The van der Waals surface area contributed by atoms with Crippen LogP contribution in [-0.4, -0.2) is 19.5 Å². The van der Waals surface area contributed by atoms with Crippen LogP contribution < -0.4 is 0 Å². The number of nitrogens with zero attached hydrogens (tertiary/aromatic N) is 4. The number of benzene rings is 10. The van der Waals surface area contributed by atoms with Gasteiger partial charge in [0.25, 0.3) is 0 Å². The molecule has 0 radical (unpaired) electrons. The first-order chi connectivity index (χ1) is 33.7. The highest BCUT2D eigenvalue weighted by Crippen LogP contribution is 2.62. The first-order valence-electron chi connectivity index (χ1n) is 23.3. The maximum atomic E-state index is 5.26. The first kappa shape index (κ1) is 38.3. The van der Waals surface area contributed by atoms with Crippen LogP contribution in [0.25, 0.3) is 106 Å². The van der Waals surface area contributed by atoms with Gasteiger partial charge < -0.3 is 4.57 Å². The van der Waals surface area contributed by atoms with Crippen LogP contribution in [0.2, 0.25) is 0 Å². The average molecular weight is 865 g/mol. The molecule has 2 aliphatic rings. The van der Waals surface area contributed by atoms with E-state index in [-0.39, 0.29) is 0 Å². The summed E-state index contributed by atoms with van der Waals surface area (Å²) < 4.78 is 2.50. The second-order valence-corrected chi connectivity index (χ2v) is 17.9. The van der Waals surface area contributed by atoms with Crippen molar-refractivity contribution in [3.05, 3.63) is 265 Å². The molecule has 0 saturated carbocycles. The molecule has 1 aliphatic carbocycles. The van der Waals surface area contributed by atoms with Crippen LogP contribution >= 0.6 is 0 Å². The lowest BCUT2D eigenvalue weighted by molar-refractivity contribution is 0.748. The molecule has 4 nitrogen and oxygen atoms in total. The van der Waals surface area contributed by atoms with E-state index in [1.54, 1.807) is 0 Å². The molecule has 1 atom stereocenters. The summed E-state index contributed by atoms with van der Waals surface area (Å²) in [6, 6.07) is 87.5. The summed E-state index contributed by atoms with van der Waals surface area (Å²) in [6.45, 7) is 0. The van der Waals surface area contributed by atoms with Gasteiger partial charge in [-0.15, -0.1) is 0 Å². The van der Waals surface area contributed by atoms with E-state index < -0.39 is 5.41 Å². The van der Waals surface area contributed by atoms with Crippen LogP contribution in [0.4, 0.5) is 0 Å². The van der Waals surface area contributed by atoms with Crippen molar-refractivity contribution in [2.24, 2.45) is 0 Å². The van der Waals surface area contributed by atoms with Crippen molar-refractivity contribution in [2.45, 2.75) is 5.41 Å². The standard InChI is InChI=1S/C64H40N4/c1-3-17-41(18-4-1)42-35-37-43(38-36-42)45-21-13-23-47(39-45)62-65-61(44-19-5-2-6-20-44)66-63(67-62)48-24-14-22-46(40-48)49-27-15-31-55-59(49)52-26-7-9-29-53(52)64(55)54-30-10-12-34-58(54)68-57-33-11-8-25-50(57)51-28-16-32-56(64)60(51)68/h1-40H. The van der Waals surface area contributed by atoms with Crippen molar-refractivity contribution in [1.82, 2.24) is 19.5 Å². The molecule has 1 aliphatic heterocycles. The Bertz CT molecular complexity index is 3960. The second-order valence-electron chi connectivity index (χ2n) is 17.9. The molecular formula is C64H40N4. The van der Waals surface area contributed by atoms with Gasteiger partial charge in [-0.05, 0) is 91.0 Å². The monoisotopic (exact) mass is 864 g/mol. The summed E-state index contributed by atoms with van der Waals surface area (Å²) in [6.07, 6.45) is 0. The molecule has 1 unspecified atom stereocenters. The molecule has 0 fully saturated rings. The molecule has 68 heavy (non-hydrogen) atoms. The van der Waals surface area contributed by atoms with Gasteiger partial charge in [0, 0.05) is 27.5 Å². The Morgan fingerprint density at radius 2 is 0.765 bits per heavy atom. The van der Waals surface area contributed by atoms with Gasteiger partial charge in [-0.3, -0.25) is 0 Å². The zero-order valence-electron chi connectivity index (χ0n) is 36.9. The van der Waals surface area contributed by atoms with Gasteiger partial charge in [0.15, 0.2) is 17.5 Å². The number of rotatable bonds is 6. The number of para-hydroxylation sites is 3. The predicted molar refractivity (Wildman–Crippen MR) is 278 cm³/mol. The maximum Gasteiger partial charge on any atom is 0.164 e. The van der Waals surface area contributed by atoms with E-state index in [0.29, 0.717) is 17.5 Å². The fraction of sp³-hybridized carbons (Fsp3) is 0.0156. The molecule has 0 saturated heterocycles. The molecule has 10 aromatic carbocycles. The van der Waals surface area contributed by atoms with Crippen LogP contribution in [-0.2, 0) is 5.41 Å². The number of hydrogen-bond acceptors (Lipinski definition) is 3. The third-order valence-corrected chi connectivity index (χ3v) is 14.3. The van der Waals surface area contributed by atoms with Crippen molar-refractivity contribution in [1.29, 1.82) is 0 Å². The van der Waals surface area contributed by atoms with Gasteiger partial charge in [0.1, 0.15) is 0 Å². The summed E-state index contributed by atoms with van der Waals surface area (Å²) in [5.41, 5.74) is 20.6. The lowest BCUT2D eigenvalue weighted by atomic mass is 9.65. The quantitative estimate of drug-likeness (QED) is 0.167. The second kappa shape index (κ2) is 15.0. The highest BCUT2D eigenvalue weighted by Gasteiger charge is 2.51. The fourth-order valence-electron chi connectivity index (χ4n) is 11.4. The van der Waals surface area contributed by atoms with Crippen molar-refractivity contribution < 1.29 is 0 Å². The molecule has 316 valence electrons. The molecule has 14 rings (SSSR count). The maximum absolute atomic E-state index is 5.26. The summed E-state index contributed by atoms with van der Waals surface area (Å²) >= 11 is 0. The molecule has 0 bridgehead atoms. The average Bonchev–Trinajstić information content (AvgIpc) is 3.92. The van der Waals surface area contributed by atoms with Gasteiger partial charge in [-0.25, -0.2) is 15.0 Å². The van der Waals surface area contributed by atoms with Crippen LogP contribution in [0.5, 0.6) is 0 Å². The summed E-state index contributed by atoms with van der Waals surface area (Å²) in [7, 11) is 0. The Hall–Kier alpha value is -8.99. The van der Waals surface area contributed by atoms with E-state index in [2.05, 4.69) is 229 Å². The SMILES string of the molecule is c1ccc(-c2ccc(-c3cccc(-c4nc(-c5ccccc5)nc(-c5cccc(-c6cccc7c6-c6ccccc6C76c7ccccc7-n7c8ccccc8c8cccc6c87)c5)n4)c3)cc2)cc1. The third kappa shape index (κ3) is 5.64. The minimum atomic E-state index is -0.536. The Labute approximate surface area is 394 Å². The summed E-state index contributed by atoms with van der Waals surface area (Å²) in [4.78, 5) is 15.6. The molecule has 2 aromatic heterocycles. The van der Waals surface area contributed by atoms with E-state index in [4.69, 9.17) is 15.0 Å². The van der Waals surface area contributed by atoms with Crippen LogP contribution in [0.1, 0.15) is 22.3 Å². The molecule has 12 aromatic rings. The zero-order valence-corrected chi connectivity index (χ0v) is 36.9. The summed E-state index contributed by atoms with van der Waals surface area (Å²) in [5.74, 6) is 1.88. The number of hydrogen-bond donors (Lipinski definition) is 0. The van der Waals surface area contributed by atoms with Crippen LogP contribution in [0, 0.1) is 0 Å². The Morgan fingerprint density at radius 3 is 1.53 bits per heavy atom. The highest BCUT2D eigenvalue weighted by atomic mass is 15.0. The van der Waals surface area contributed by atoms with E-state index in [1.807, 2.05) is 18.2 Å². The topological polar surface area (TPSA) is 43.6 Å². The highest BCUT2D eigenvalue weighted by molar-refractivity contribution is 6.13. The van der Waals surface area contributed by atoms with Crippen molar-refractivity contribution in [3.8, 4) is 84.4 Å².